The summed E-state index contributed by atoms with van der Waals surface area (Å²) >= 11 is 0. The Bertz CT molecular complexity index is 348. The van der Waals surface area contributed by atoms with Crippen molar-refractivity contribution in [2.45, 2.75) is 0 Å². The first-order valence-corrected chi connectivity index (χ1v) is 3.56. The lowest BCUT2D eigenvalue weighted by Gasteiger charge is -2.07. The lowest BCUT2D eigenvalue weighted by molar-refractivity contribution is 0.426. The molecule has 1 aromatic carbocycles. The number of anilines is 1. The number of nitrogens with one attached hydrogen (secondary N) is 1. The van der Waals surface area contributed by atoms with Gasteiger partial charge in [0.2, 0.25) is 0 Å². The lowest BCUT2D eigenvalue weighted by atomic mass is 9.78. The fourth-order valence-electron chi connectivity index (χ4n) is 0.977. The van der Waals surface area contributed by atoms with E-state index in [0.29, 0.717) is 11.3 Å². The minimum absolute atomic E-state index is 0.182. The van der Waals surface area contributed by atoms with Crippen molar-refractivity contribution in [2.24, 2.45) is 5.84 Å². The van der Waals surface area contributed by atoms with Crippen molar-refractivity contribution in [3.05, 3.63) is 23.8 Å². The predicted octanol–water partition coefficient (Wildman–Crippen LogP) is -1.48. The van der Waals surface area contributed by atoms with Crippen LogP contribution in [0.25, 0.3) is 0 Å². The van der Waals surface area contributed by atoms with Gasteiger partial charge < -0.3 is 15.5 Å². The van der Waals surface area contributed by atoms with Gasteiger partial charge >= 0.3 is 7.12 Å². The molecule has 0 unspecified atom stereocenters. The third kappa shape index (κ3) is 1.97. The third-order valence-electron chi connectivity index (χ3n) is 1.61. The second-order valence-electron chi connectivity index (χ2n) is 2.43. The van der Waals surface area contributed by atoms with Crippen LogP contribution in [0, 0.1) is 11.3 Å². The van der Waals surface area contributed by atoms with Crippen LogP contribution in [-0.4, -0.2) is 17.2 Å². The van der Waals surface area contributed by atoms with Gasteiger partial charge in [-0.1, -0.05) is 0 Å². The Balaban J connectivity index is 3.20. The van der Waals surface area contributed by atoms with Crippen LogP contribution in [0.3, 0.4) is 0 Å². The van der Waals surface area contributed by atoms with Crippen LogP contribution in [0.4, 0.5) is 5.69 Å². The molecule has 0 aliphatic carbocycles. The van der Waals surface area contributed by atoms with Crippen molar-refractivity contribution in [1.29, 1.82) is 5.26 Å². The summed E-state index contributed by atoms with van der Waals surface area (Å²) in [6, 6.07) is 6.28. The molecule has 0 bridgehead atoms. The average Bonchev–Trinajstić information content (AvgIpc) is 2.16. The number of hydrogen-bond donors (Lipinski definition) is 4. The van der Waals surface area contributed by atoms with Gasteiger partial charge in [-0.15, -0.1) is 0 Å². The molecule has 0 aliphatic rings. The smallest absolute Gasteiger partial charge is 0.423 e. The maximum Gasteiger partial charge on any atom is 0.490 e. The van der Waals surface area contributed by atoms with Crippen molar-refractivity contribution < 1.29 is 10.0 Å². The monoisotopic (exact) mass is 177 g/mol. The van der Waals surface area contributed by atoms with E-state index in [1.165, 1.54) is 18.2 Å². The molecule has 0 aliphatic heterocycles. The maximum atomic E-state index is 8.91. The number of nitrogens with two attached hydrogens (primary N) is 1. The Hall–Kier alpha value is -1.55. The number of benzene rings is 1. The van der Waals surface area contributed by atoms with Crippen LogP contribution in [0.5, 0.6) is 0 Å². The molecule has 5 N–H and O–H groups in total. The quantitative estimate of drug-likeness (QED) is 0.250. The van der Waals surface area contributed by atoms with Crippen LogP contribution in [0.2, 0.25) is 0 Å². The Morgan fingerprint density at radius 3 is 2.62 bits per heavy atom. The van der Waals surface area contributed by atoms with Gasteiger partial charge in [0.05, 0.1) is 11.6 Å². The number of hydrazine groups is 1. The van der Waals surface area contributed by atoms with E-state index in [-0.39, 0.29) is 5.46 Å². The normalized spacial score (nSPS) is 9.08. The Labute approximate surface area is 75.5 Å². The van der Waals surface area contributed by atoms with E-state index < -0.39 is 7.12 Å². The van der Waals surface area contributed by atoms with Crippen molar-refractivity contribution in [1.82, 2.24) is 0 Å². The van der Waals surface area contributed by atoms with Crippen LogP contribution in [0.15, 0.2) is 18.2 Å². The maximum absolute atomic E-state index is 8.91. The van der Waals surface area contributed by atoms with Crippen molar-refractivity contribution in [3.8, 4) is 6.07 Å². The second kappa shape index (κ2) is 3.91. The molecule has 5 nitrogen and oxygen atoms in total. The first-order valence-electron chi connectivity index (χ1n) is 3.56. The van der Waals surface area contributed by atoms with E-state index in [1.807, 2.05) is 6.07 Å². The molecule has 0 radical (unpaired) electrons. The van der Waals surface area contributed by atoms with Crippen molar-refractivity contribution in [3.63, 3.8) is 0 Å². The minimum atomic E-state index is -1.64. The highest BCUT2D eigenvalue weighted by Crippen LogP contribution is 2.05. The topological polar surface area (TPSA) is 102 Å². The zero-order valence-electron chi connectivity index (χ0n) is 6.73. The van der Waals surface area contributed by atoms with E-state index in [1.54, 1.807) is 0 Å². The Morgan fingerprint density at radius 2 is 2.15 bits per heavy atom. The van der Waals surface area contributed by atoms with Gasteiger partial charge in [0.15, 0.2) is 0 Å². The number of nitrogens with zero attached hydrogens (tertiary/aromatic N) is 1. The molecule has 0 aromatic heterocycles. The molecule has 0 saturated heterocycles. The van der Waals surface area contributed by atoms with Gasteiger partial charge in [-0.2, -0.15) is 5.26 Å². The Morgan fingerprint density at radius 1 is 1.46 bits per heavy atom. The number of nitriles is 1. The summed E-state index contributed by atoms with van der Waals surface area (Å²) in [5.74, 6) is 5.12. The number of rotatable bonds is 2. The van der Waals surface area contributed by atoms with Gasteiger partial charge in [0.25, 0.3) is 0 Å². The zero-order chi connectivity index (χ0) is 9.84. The first kappa shape index (κ1) is 9.54. The summed E-state index contributed by atoms with van der Waals surface area (Å²) in [5.41, 5.74) is 3.21. The van der Waals surface area contributed by atoms with E-state index in [2.05, 4.69) is 5.43 Å². The predicted molar refractivity (Wildman–Crippen MR) is 48.8 cm³/mol. The van der Waals surface area contributed by atoms with Crippen LogP contribution >= 0.6 is 0 Å². The summed E-state index contributed by atoms with van der Waals surface area (Å²) in [7, 11) is -1.64. The molecule has 1 aromatic rings. The fourth-order valence-corrected chi connectivity index (χ4v) is 0.977. The van der Waals surface area contributed by atoms with Gasteiger partial charge in [-0.05, 0) is 18.2 Å². The van der Waals surface area contributed by atoms with Crippen molar-refractivity contribution in [2.75, 3.05) is 5.43 Å². The highest BCUT2D eigenvalue weighted by molar-refractivity contribution is 6.60. The van der Waals surface area contributed by atoms with Crippen LogP contribution in [-0.2, 0) is 0 Å². The average molecular weight is 177 g/mol. The van der Waals surface area contributed by atoms with Gasteiger partial charge in [0, 0.05) is 11.2 Å². The lowest BCUT2D eigenvalue weighted by Crippen LogP contribution is -2.33. The molecule has 0 fully saturated rings. The van der Waals surface area contributed by atoms with Gasteiger partial charge in [0.1, 0.15) is 0 Å². The molecule has 0 amide bonds. The minimum Gasteiger partial charge on any atom is -0.423 e. The summed E-state index contributed by atoms with van der Waals surface area (Å²) in [6.07, 6.45) is 0. The summed E-state index contributed by atoms with van der Waals surface area (Å²) in [4.78, 5) is 0. The van der Waals surface area contributed by atoms with Gasteiger partial charge in [-0.25, -0.2) is 0 Å². The highest BCUT2D eigenvalue weighted by Gasteiger charge is 2.15. The molecule has 0 atom stereocenters. The highest BCUT2D eigenvalue weighted by atomic mass is 16.4. The third-order valence-corrected chi connectivity index (χ3v) is 1.61. The Kier molecular flexibility index (Phi) is 2.87. The molecule has 0 spiro atoms. The van der Waals surface area contributed by atoms with E-state index in [0.717, 1.165) is 0 Å². The zero-order valence-corrected chi connectivity index (χ0v) is 6.73. The fraction of sp³-hybridized carbons (Fsp3) is 0. The molecule has 13 heavy (non-hydrogen) atoms. The molecule has 0 saturated carbocycles. The summed E-state index contributed by atoms with van der Waals surface area (Å²) in [5, 5.41) is 26.4. The van der Waals surface area contributed by atoms with E-state index in [9.17, 15) is 0 Å². The molecular formula is C7H8BN3O2. The second-order valence-corrected chi connectivity index (χ2v) is 2.43. The van der Waals surface area contributed by atoms with E-state index in [4.69, 9.17) is 21.2 Å². The van der Waals surface area contributed by atoms with Crippen LogP contribution < -0.4 is 16.7 Å². The molecule has 1 rings (SSSR count). The first-order chi connectivity index (χ1) is 6.19. The largest absolute Gasteiger partial charge is 0.490 e. The standard InChI is InChI=1S/C7H8BN3O2/c9-4-5-1-2-7(11-10)6(3-5)8(12)13/h1-3,11-13H,10H2. The van der Waals surface area contributed by atoms with Gasteiger partial charge in [-0.3, -0.25) is 5.84 Å². The molecule has 6 heteroatoms. The molecule has 0 heterocycles. The SMILES string of the molecule is N#Cc1ccc(NN)c(B(O)O)c1. The number of nitrogen functional groups attached to an aromatic ring is 1. The number of hydrogen-bond acceptors (Lipinski definition) is 5. The molecular weight excluding hydrogens is 169 g/mol. The molecule has 66 valence electrons. The van der Waals surface area contributed by atoms with E-state index >= 15 is 0 Å². The van der Waals surface area contributed by atoms with Crippen molar-refractivity contribution >= 4 is 18.3 Å². The summed E-state index contributed by atoms with van der Waals surface area (Å²) in [6.45, 7) is 0. The summed E-state index contributed by atoms with van der Waals surface area (Å²) < 4.78 is 0. The van der Waals surface area contributed by atoms with Crippen LogP contribution in [0.1, 0.15) is 5.56 Å².